The summed E-state index contributed by atoms with van der Waals surface area (Å²) in [5, 5.41) is 15.8. The molecule has 37 heavy (non-hydrogen) atoms. The maximum absolute atomic E-state index is 12.0. The fourth-order valence-corrected chi connectivity index (χ4v) is 5.85. The van der Waals surface area contributed by atoms with Crippen LogP contribution in [0.1, 0.15) is 72.5 Å². The van der Waals surface area contributed by atoms with Crippen molar-refractivity contribution in [3.63, 3.8) is 0 Å². The van der Waals surface area contributed by atoms with Gasteiger partial charge in [0.15, 0.2) is 0 Å². The van der Waals surface area contributed by atoms with Gasteiger partial charge in [-0.05, 0) is 54.0 Å². The number of hydrogen-bond donors (Lipinski definition) is 3. The Morgan fingerprint density at radius 2 is 1.86 bits per heavy atom. The van der Waals surface area contributed by atoms with Crippen LogP contribution in [0.5, 0.6) is 0 Å². The summed E-state index contributed by atoms with van der Waals surface area (Å²) in [6.45, 7) is 0. The zero-order valence-electron chi connectivity index (χ0n) is 21.5. The van der Waals surface area contributed by atoms with Crippen molar-refractivity contribution in [3.8, 4) is 16.8 Å². The van der Waals surface area contributed by atoms with Crippen molar-refractivity contribution in [2.45, 2.75) is 57.3 Å². The number of carboxylic acid groups (broad SMARTS) is 1. The molecule has 2 saturated carbocycles. The highest BCUT2D eigenvalue weighted by molar-refractivity contribution is 5.89. The van der Waals surface area contributed by atoms with E-state index in [-0.39, 0.29) is 17.4 Å². The maximum Gasteiger partial charge on any atom is 0.339 e. The van der Waals surface area contributed by atoms with Crippen molar-refractivity contribution in [2.24, 2.45) is 23.4 Å². The van der Waals surface area contributed by atoms with Gasteiger partial charge < -0.3 is 15.8 Å². The molecule has 7 heteroatoms. The molecule has 2 aliphatic carbocycles. The third-order valence-electron chi connectivity index (χ3n) is 7.88. The predicted molar refractivity (Wildman–Crippen MR) is 146 cm³/mol. The van der Waals surface area contributed by atoms with E-state index in [4.69, 9.17) is 11.6 Å². The summed E-state index contributed by atoms with van der Waals surface area (Å²) in [4.78, 5) is 12.0. The van der Waals surface area contributed by atoms with Gasteiger partial charge in [-0.2, -0.15) is 5.10 Å². The molecule has 2 aliphatic rings. The maximum atomic E-state index is 12.0. The molecule has 0 bridgehead atoms. The third-order valence-corrected chi connectivity index (χ3v) is 7.88. The fraction of sp³-hybridized carbons (Fsp3) is 0.400. The quantitative estimate of drug-likeness (QED) is 0.266. The Morgan fingerprint density at radius 1 is 1.14 bits per heavy atom. The molecule has 0 amide bonds. The van der Waals surface area contributed by atoms with Gasteiger partial charge in [-0.15, -0.1) is 0 Å². The standard InChI is InChI=1S/C30H37N5O2/c1-34(32)19-28(31)25-17-26(25)29-27(30(36)37)18-33-35(29)24-12-6-11-23(16-24)22-10-5-9-21(15-22)14-13-20-7-3-2-4-8-20/h5-6,9-12,15-16,18-20,25-26H,2-4,7-8,13-14,17,31-32H2,1H3,(H,36,37)/b28-19-. The number of hydrazine groups is 1. The highest BCUT2D eigenvalue weighted by Crippen LogP contribution is 2.51. The number of carboxylic acids is 1. The number of benzene rings is 2. The summed E-state index contributed by atoms with van der Waals surface area (Å²) in [6.07, 6.45) is 13.2. The Morgan fingerprint density at radius 3 is 2.59 bits per heavy atom. The van der Waals surface area contributed by atoms with Crippen LogP contribution in [-0.2, 0) is 6.42 Å². The Labute approximate surface area is 218 Å². The number of nitrogens with two attached hydrogens (primary N) is 2. The summed E-state index contributed by atoms with van der Waals surface area (Å²) in [5.41, 5.74) is 12.3. The monoisotopic (exact) mass is 499 g/mol. The summed E-state index contributed by atoms with van der Waals surface area (Å²) in [6, 6.07) is 17.0. The van der Waals surface area contributed by atoms with Gasteiger partial charge in [0, 0.05) is 30.8 Å². The fourth-order valence-electron chi connectivity index (χ4n) is 5.85. The Bertz CT molecular complexity index is 1290. The molecular weight excluding hydrogens is 462 g/mol. The molecule has 0 spiro atoms. The Hall–Kier alpha value is -3.58. The van der Waals surface area contributed by atoms with Crippen LogP contribution in [0.3, 0.4) is 0 Å². The van der Waals surface area contributed by atoms with E-state index in [9.17, 15) is 9.90 Å². The number of aromatic carboxylic acids is 1. The van der Waals surface area contributed by atoms with E-state index in [2.05, 4.69) is 41.5 Å². The zero-order chi connectivity index (χ0) is 25.9. The number of aryl methyl sites for hydroxylation is 1. The third kappa shape index (κ3) is 5.72. The van der Waals surface area contributed by atoms with E-state index in [1.165, 1.54) is 55.3 Å². The van der Waals surface area contributed by atoms with Crippen molar-refractivity contribution in [3.05, 3.63) is 83.4 Å². The first-order valence-corrected chi connectivity index (χ1v) is 13.4. The predicted octanol–water partition coefficient (Wildman–Crippen LogP) is 5.46. The van der Waals surface area contributed by atoms with Gasteiger partial charge in [0.25, 0.3) is 0 Å². The molecule has 0 radical (unpaired) electrons. The lowest BCUT2D eigenvalue weighted by atomic mass is 9.85. The van der Waals surface area contributed by atoms with E-state index in [0.29, 0.717) is 11.4 Å². The lowest BCUT2D eigenvalue weighted by molar-refractivity contribution is 0.0695. The molecule has 2 fully saturated rings. The molecule has 0 saturated heterocycles. The average molecular weight is 500 g/mol. The molecule has 5 rings (SSSR count). The van der Waals surface area contributed by atoms with Crippen LogP contribution in [0.2, 0.25) is 0 Å². The van der Waals surface area contributed by atoms with Crippen LogP contribution in [0.15, 0.2) is 66.6 Å². The van der Waals surface area contributed by atoms with Crippen LogP contribution in [0.25, 0.3) is 16.8 Å². The van der Waals surface area contributed by atoms with Crippen molar-refractivity contribution < 1.29 is 9.90 Å². The lowest BCUT2D eigenvalue weighted by Gasteiger charge is -2.21. The molecule has 0 aliphatic heterocycles. The van der Waals surface area contributed by atoms with Gasteiger partial charge in [-0.3, -0.25) is 0 Å². The zero-order valence-corrected chi connectivity index (χ0v) is 21.5. The summed E-state index contributed by atoms with van der Waals surface area (Å²) in [5.74, 6) is 5.64. The van der Waals surface area contributed by atoms with Gasteiger partial charge >= 0.3 is 5.97 Å². The molecule has 1 heterocycles. The number of hydrogen-bond acceptors (Lipinski definition) is 5. The minimum absolute atomic E-state index is 0.0171. The first-order valence-electron chi connectivity index (χ1n) is 13.4. The van der Waals surface area contributed by atoms with E-state index in [1.54, 1.807) is 17.9 Å². The first kappa shape index (κ1) is 25.1. The van der Waals surface area contributed by atoms with Crippen LogP contribution < -0.4 is 11.6 Å². The largest absolute Gasteiger partial charge is 0.478 e. The highest BCUT2D eigenvalue weighted by atomic mass is 16.4. The summed E-state index contributed by atoms with van der Waals surface area (Å²) >= 11 is 0. The molecule has 2 atom stereocenters. The number of aromatic nitrogens is 2. The highest BCUT2D eigenvalue weighted by Gasteiger charge is 2.45. The second-order valence-corrected chi connectivity index (χ2v) is 10.7. The van der Waals surface area contributed by atoms with Crippen LogP contribution in [-0.4, -0.2) is 32.9 Å². The Kier molecular flexibility index (Phi) is 7.33. The summed E-state index contributed by atoms with van der Waals surface area (Å²) < 4.78 is 1.77. The smallest absolute Gasteiger partial charge is 0.339 e. The van der Waals surface area contributed by atoms with Crippen molar-refractivity contribution in [1.29, 1.82) is 0 Å². The SMILES string of the molecule is CN(N)/C=C(\N)C1CC1c1c(C(=O)O)cnn1-c1cccc(-c2cccc(CCC3CCCCC3)c2)c1. The van der Waals surface area contributed by atoms with Crippen molar-refractivity contribution in [1.82, 2.24) is 14.8 Å². The number of carbonyl (C=O) groups is 1. The van der Waals surface area contributed by atoms with Gasteiger partial charge in [0.05, 0.1) is 17.6 Å². The molecule has 2 aromatic carbocycles. The second kappa shape index (κ2) is 10.8. The van der Waals surface area contributed by atoms with E-state index in [1.807, 2.05) is 12.1 Å². The minimum atomic E-state index is -0.979. The molecular formula is C30H37N5O2. The summed E-state index contributed by atoms with van der Waals surface area (Å²) in [7, 11) is 1.72. The number of nitrogens with zero attached hydrogens (tertiary/aromatic N) is 3. The minimum Gasteiger partial charge on any atom is -0.478 e. The van der Waals surface area contributed by atoms with Gasteiger partial charge in [0.2, 0.25) is 0 Å². The van der Waals surface area contributed by atoms with Gasteiger partial charge in [-0.25, -0.2) is 15.3 Å². The van der Waals surface area contributed by atoms with Gasteiger partial charge in [0.1, 0.15) is 5.56 Å². The van der Waals surface area contributed by atoms with Gasteiger partial charge in [-0.1, -0.05) is 68.5 Å². The topological polar surface area (TPSA) is 110 Å². The van der Waals surface area contributed by atoms with E-state index < -0.39 is 5.97 Å². The van der Waals surface area contributed by atoms with Crippen molar-refractivity contribution in [2.75, 3.05) is 7.05 Å². The second-order valence-electron chi connectivity index (χ2n) is 10.7. The number of allylic oxidation sites excluding steroid dienone is 1. The van der Waals surface area contributed by atoms with Crippen LogP contribution >= 0.6 is 0 Å². The van der Waals surface area contributed by atoms with Crippen LogP contribution in [0.4, 0.5) is 0 Å². The molecule has 2 unspecified atom stereocenters. The van der Waals surface area contributed by atoms with E-state index in [0.717, 1.165) is 35.6 Å². The van der Waals surface area contributed by atoms with Crippen molar-refractivity contribution >= 4 is 5.97 Å². The normalized spacial score (nSPS) is 20.1. The molecule has 7 nitrogen and oxygen atoms in total. The Balaban J connectivity index is 1.40. The first-order chi connectivity index (χ1) is 17.9. The lowest BCUT2D eigenvalue weighted by Crippen LogP contribution is -2.21. The van der Waals surface area contributed by atoms with E-state index >= 15 is 0 Å². The molecule has 1 aromatic heterocycles. The number of rotatable bonds is 9. The molecule has 5 N–H and O–H groups in total. The average Bonchev–Trinajstić information content (AvgIpc) is 3.57. The van der Waals surface area contributed by atoms with Crippen LogP contribution in [0, 0.1) is 11.8 Å². The molecule has 194 valence electrons. The molecule has 3 aromatic rings.